The second-order valence-electron chi connectivity index (χ2n) is 9.40. The van der Waals surface area contributed by atoms with Crippen molar-refractivity contribution in [3.63, 3.8) is 0 Å². The van der Waals surface area contributed by atoms with E-state index in [0.29, 0.717) is 23.0 Å². The van der Waals surface area contributed by atoms with Gasteiger partial charge in [0.05, 0.1) is 22.7 Å². The summed E-state index contributed by atoms with van der Waals surface area (Å²) >= 11 is 0. The maximum absolute atomic E-state index is 12.0. The Bertz CT molecular complexity index is 1730. The molecule has 46 heavy (non-hydrogen) atoms. The standard InChI is InChI=1S/C30H21N4O3.C6H6O.Fe.H2O.H2/c35-28-17-13-26(14-18-28)33-31-24-9-5-21(6-10-24)22-7-11-25(12-8-22)32-34-27-15-19-29(20-16-27)37-30(36)23-3-1-2-4-23;7-5-6-3-1-2-4-6;;;/h1-20,35H;1-5,7H;;1H2;1H/q-1;;+2;;/p-1. The minimum atomic E-state index is -0.396. The molecule has 0 spiro atoms. The number of phenolic OH excluding ortho intramolecular Hbond substituents is 1. The molecule has 0 atom stereocenters. The molecule has 0 fully saturated rings. The van der Waals surface area contributed by atoms with Crippen LogP contribution in [0.5, 0.6) is 11.5 Å². The Morgan fingerprint density at radius 1 is 0.696 bits per heavy atom. The quantitative estimate of drug-likeness (QED) is 0.0534. The third-order valence-corrected chi connectivity index (χ3v) is 6.25. The number of nitrogens with zero attached hydrogens (tertiary/aromatic N) is 4. The molecule has 2 aliphatic rings. The average molecular weight is 655 g/mol. The van der Waals surface area contributed by atoms with E-state index in [1.165, 1.54) is 0 Å². The van der Waals surface area contributed by atoms with Crippen LogP contribution < -0.4 is 9.84 Å². The molecule has 4 aromatic carbocycles. The van der Waals surface area contributed by atoms with E-state index in [4.69, 9.17) is 4.74 Å². The molecule has 0 aromatic heterocycles. The van der Waals surface area contributed by atoms with Gasteiger partial charge in [-0.05, 0) is 89.5 Å². The van der Waals surface area contributed by atoms with Crippen molar-refractivity contribution < 1.29 is 43.7 Å². The van der Waals surface area contributed by atoms with Crippen molar-refractivity contribution in [2.45, 2.75) is 0 Å². The van der Waals surface area contributed by atoms with E-state index in [-0.39, 0.29) is 29.7 Å². The molecule has 4 aromatic rings. The largest absolute Gasteiger partial charge is 2.00 e. The number of esters is 1. The zero-order valence-electron chi connectivity index (χ0n) is 24.2. The molecule has 9 nitrogen and oxygen atoms in total. The van der Waals surface area contributed by atoms with Crippen LogP contribution in [-0.2, 0) is 21.9 Å². The maximum atomic E-state index is 12.0. The van der Waals surface area contributed by atoms with Gasteiger partial charge in [0.15, 0.2) is 0 Å². The molecule has 0 bridgehead atoms. The zero-order valence-corrected chi connectivity index (χ0v) is 25.4. The maximum Gasteiger partial charge on any atom is 2.00 e. The van der Waals surface area contributed by atoms with Crippen LogP contribution in [0.1, 0.15) is 1.43 Å². The third-order valence-electron chi connectivity index (χ3n) is 6.25. The first kappa shape index (κ1) is 34.9. The molecule has 3 N–H and O–H groups in total. The molecule has 0 amide bonds. The van der Waals surface area contributed by atoms with Crippen molar-refractivity contribution in [2.75, 3.05) is 0 Å². The Morgan fingerprint density at radius 2 is 1.13 bits per heavy atom. The summed E-state index contributed by atoms with van der Waals surface area (Å²) in [4.78, 5) is 12.0. The predicted molar refractivity (Wildman–Crippen MR) is 173 cm³/mol. The van der Waals surface area contributed by atoms with Gasteiger partial charge in [-0.1, -0.05) is 55.0 Å². The van der Waals surface area contributed by atoms with Crippen LogP contribution in [0.4, 0.5) is 22.7 Å². The fraction of sp³-hybridized carbons (Fsp3) is 0. The Kier molecular flexibility index (Phi) is 13.4. The number of carbonyl (C=O) groups is 1. The third kappa shape index (κ3) is 10.3. The Morgan fingerprint density at radius 3 is 1.52 bits per heavy atom. The number of aromatic hydroxyl groups is 1. The molecule has 2 radical (unpaired) electrons. The van der Waals surface area contributed by atoms with Crippen LogP contribution in [0, 0.1) is 18.8 Å². The molecule has 0 heterocycles. The number of hydrogen-bond acceptors (Lipinski definition) is 8. The molecule has 0 saturated carbocycles. The molecule has 2 aliphatic carbocycles. The van der Waals surface area contributed by atoms with Crippen molar-refractivity contribution in [3.05, 3.63) is 164 Å². The fourth-order valence-electron chi connectivity index (χ4n) is 3.92. The summed E-state index contributed by atoms with van der Waals surface area (Å²) in [7, 11) is 0. The molecule has 10 heteroatoms. The van der Waals surface area contributed by atoms with E-state index in [1.807, 2.05) is 60.7 Å². The first-order valence-corrected chi connectivity index (χ1v) is 13.6. The number of rotatable bonds is 7. The number of azo groups is 2. The summed E-state index contributed by atoms with van der Waals surface area (Å²) < 4.78 is 5.35. The van der Waals surface area contributed by atoms with Crippen LogP contribution in [0.2, 0.25) is 0 Å². The molecular formula is C36H30FeN4O5. The van der Waals surface area contributed by atoms with Gasteiger partial charge in [-0.25, -0.2) is 18.6 Å². The summed E-state index contributed by atoms with van der Waals surface area (Å²) in [6.45, 7) is 0. The van der Waals surface area contributed by atoms with E-state index in [1.54, 1.807) is 85.7 Å². The average Bonchev–Trinajstić information content (AvgIpc) is 3.81. The molecule has 0 unspecified atom stereocenters. The first-order valence-electron chi connectivity index (χ1n) is 13.6. The smallest absolute Gasteiger partial charge is 0.877 e. The summed E-state index contributed by atoms with van der Waals surface area (Å²) in [5.41, 5.74) is 5.59. The van der Waals surface area contributed by atoms with Crippen molar-refractivity contribution in [1.29, 1.82) is 0 Å². The minimum absolute atomic E-state index is 0. The number of allylic oxidation sites excluding steroid dienone is 7. The molecular weight excluding hydrogens is 624 g/mol. The second kappa shape index (κ2) is 17.7. The molecule has 0 saturated heterocycles. The monoisotopic (exact) mass is 654 g/mol. The summed E-state index contributed by atoms with van der Waals surface area (Å²) in [5.74, 6) is 0.758. The van der Waals surface area contributed by atoms with Gasteiger partial charge >= 0.3 is 23.0 Å². The van der Waals surface area contributed by atoms with Gasteiger partial charge in [0.1, 0.15) is 11.5 Å². The van der Waals surface area contributed by atoms with Crippen LogP contribution in [-0.4, -0.2) is 16.6 Å². The summed E-state index contributed by atoms with van der Waals surface area (Å²) in [6.07, 6.45) is 15.0. The second-order valence-corrected chi connectivity index (χ2v) is 9.40. The van der Waals surface area contributed by atoms with Gasteiger partial charge in [0.2, 0.25) is 0 Å². The van der Waals surface area contributed by atoms with Gasteiger partial charge in [0.25, 0.3) is 0 Å². The normalized spacial score (nSPS) is 13.1. The predicted octanol–water partition coefficient (Wildman–Crippen LogP) is 8.12. The number of ether oxygens (including phenoxy) is 1. The SMILES string of the molecule is O.O=C(Oc1ccc(N=Nc2ccc(-c3ccc(N=Nc4ccc(O)cc4)cc3)cc2)cc1)[C]1[CH]C=C[CH-]1.[Fe+2].[HH].[O-]C=C1C=CC=C1. The van der Waals surface area contributed by atoms with E-state index in [9.17, 15) is 15.0 Å². The first-order chi connectivity index (χ1) is 21.6. The van der Waals surface area contributed by atoms with Gasteiger partial charge in [-0.2, -0.15) is 20.5 Å². The number of benzene rings is 4. The molecule has 232 valence electrons. The Balaban J connectivity index is 0.000000684. The van der Waals surface area contributed by atoms with Crippen molar-refractivity contribution in [2.24, 2.45) is 20.5 Å². The van der Waals surface area contributed by atoms with E-state index in [2.05, 4.69) is 20.5 Å². The molecule has 0 aliphatic heterocycles. The fourth-order valence-corrected chi connectivity index (χ4v) is 3.92. The Labute approximate surface area is 279 Å². The van der Waals surface area contributed by atoms with E-state index < -0.39 is 5.97 Å². The van der Waals surface area contributed by atoms with Crippen molar-refractivity contribution in [3.8, 4) is 22.6 Å². The van der Waals surface area contributed by atoms with Crippen molar-refractivity contribution in [1.82, 2.24) is 0 Å². The zero-order chi connectivity index (χ0) is 30.6. The number of phenols is 1. The Hall–Kier alpha value is -5.54. The van der Waals surface area contributed by atoms with Gasteiger partial charge in [-0.3, -0.25) is 4.79 Å². The van der Waals surface area contributed by atoms with Crippen LogP contribution >= 0.6 is 0 Å². The molecule has 6 rings (SSSR count). The topological polar surface area (TPSA) is 151 Å². The van der Waals surface area contributed by atoms with Gasteiger partial charge in [-0.15, -0.1) is 6.26 Å². The number of hydrogen-bond donors (Lipinski definition) is 1. The van der Waals surface area contributed by atoms with Crippen LogP contribution in [0.25, 0.3) is 11.1 Å². The van der Waals surface area contributed by atoms with Crippen LogP contribution in [0.15, 0.2) is 166 Å². The van der Waals surface area contributed by atoms with Crippen molar-refractivity contribution >= 4 is 28.7 Å². The van der Waals surface area contributed by atoms with Crippen LogP contribution in [0.3, 0.4) is 0 Å². The van der Waals surface area contributed by atoms with E-state index in [0.717, 1.165) is 34.3 Å². The summed E-state index contributed by atoms with van der Waals surface area (Å²) in [5, 5.41) is 36.2. The number of carbonyl (C=O) groups excluding carboxylic acids is 1. The van der Waals surface area contributed by atoms with Gasteiger partial charge < -0.3 is 20.4 Å². The summed E-state index contributed by atoms with van der Waals surface area (Å²) in [6, 6.07) is 28.9. The minimum Gasteiger partial charge on any atom is -0.877 e. The van der Waals surface area contributed by atoms with E-state index >= 15 is 0 Å². The van der Waals surface area contributed by atoms with Gasteiger partial charge in [0, 0.05) is 7.34 Å².